The number of ether oxygens (including phenoxy) is 2. The Bertz CT molecular complexity index is 904. The smallest absolute Gasteiger partial charge is 0.315 e. The summed E-state index contributed by atoms with van der Waals surface area (Å²) < 4.78 is 11.2. The van der Waals surface area contributed by atoms with Crippen molar-refractivity contribution in [2.45, 2.75) is 71.3 Å². The maximum atomic E-state index is 13.3. The van der Waals surface area contributed by atoms with Crippen LogP contribution >= 0.6 is 0 Å². The van der Waals surface area contributed by atoms with Crippen molar-refractivity contribution in [3.8, 4) is 5.75 Å². The minimum atomic E-state index is -0.567. The van der Waals surface area contributed by atoms with Gasteiger partial charge in [-0.3, -0.25) is 14.6 Å². The first-order valence-electron chi connectivity index (χ1n) is 10.9. The van der Waals surface area contributed by atoms with Crippen LogP contribution in [-0.2, 0) is 14.3 Å². The molecule has 1 heterocycles. The summed E-state index contributed by atoms with van der Waals surface area (Å²) in [5, 5.41) is 0. The fraction of sp³-hybridized carbons (Fsp3) is 0.560. The molecule has 3 aliphatic rings. The van der Waals surface area contributed by atoms with E-state index in [9.17, 15) is 9.59 Å². The number of benzene rings is 1. The van der Waals surface area contributed by atoms with Crippen molar-refractivity contribution in [2.24, 2.45) is 16.3 Å². The number of hydrogen-bond donors (Lipinski definition) is 0. The van der Waals surface area contributed by atoms with E-state index in [-0.39, 0.29) is 29.2 Å². The van der Waals surface area contributed by atoms with Gasteiger partial charge in [0.25, 0.3) is 0 Å². The summed E-state index contributed by atoms with van der Waals surface area (Å²) in [4.78, 5) is 31.4. The van der Waals surface area contributed by atoms with Crippen LogP contribution in [0, 0.1) is 11.3 Å². The average Bonchev–Trinajstić information content (AvgIpc) is 3.18. The number of nitrogens with zero attached hydrogens (tertiary/aromatic N) is 1. The second-order valence-corrected chi connectivity index (χ2v) is 9.63. The third kappa shape index (κ3) is 3.94. The lowest BCUT2D eigenvalue weighted by molar-refractivity contribution is -0.151. The molecular weight excluding hydrogens is 378 g/mol. The lowest BCUT2D eigenvalue weighted by Crippen LogP contribution is -2.40. The number of methoxy groups -OCH3 is 1. The van der Waals surface area contributed by atoms with E-state index in [1.54, 1.807) is 7.11 Å². The minimum Gasteiger partial charge on any atom is -0.497 e. The second-order valence-electron chi connectivity index (χ2n) is 9.63. The molecule has 0 bridgehead atoms. The summed E-state index contributed by atoms with van der Waals surface area (Å²) in [6, 6.07) is 7.67. The lowest BCUT2D eigenvalue weighted by Gasteiger charge is -2.39. The van der Waals surface area contributed by atoms with Crippen LogP contribution in [0.15, 0.2) is 40.5 Å². The summed E-state index contributed by atoms with van der Waals surface area (Å²) in [6.45, 7) is 6.09. The molecule has 1 fully saturated rings. The van der Waals surface area contributed by atoms with E-state index in [4.69, 9.17) is 14.5 Å². The van der Waals surface area contributed by atoms with Gasteiger partial charge in [0.2, 0.25) is 0 Å². The molecule has 1 aromatic carbocycles. The summed E-state index contributed by atoms with van der Waals surface area (Å²) in [5.74, 6) is -0.343. The Labute approximate surface area is 178 Å². The molecule has 1 aromatic rings. The van der Waals surface area contributed by atoms with Gasteiger partial charge >= 0.3 is 5.97 Å². The monoisotopic (exact) mass is 409 g/mol. The number of ketones is 1. The number of Topliss-reactive ketones (excluding diaryl/α,β-unsaturated/α-hetero) is 1. The summed E-state index contributed by atoms with van der Waals surface area (Å²) >= 11 is 0. The summed E-state index contributed by atoms with van der Waals surface area (Å²) in [5.41, 5.74) is 3.07. The molecule has 30 heavy (non-hydrogen) atoms. The molecule has 1 unspecified atom stereocenters. The Morgan fingerprint density at radius 2 is 1.77 bits per heavy atom. The first kappa shape index (κ1) is 20.8. The number of allylic oxidation sites excluding steroid dienone is 2. The molecule has 1 saturated carbocycles. The highest BCUT2D eigenvalue weighted by atomic mass is 16.5. The van der Waals surface area contributed by atoms with E-state index < -0.39 is 5.92 Å². The first-order valence-corrected chi connectivity index (χ1v) is 10.9. The first-order chi connectivity index (χ1) is 14.3. The number of hydrogen-bond acceptors (Lipinski definition) is 5. The maximum absolute atomic E-state index is 13.3. The summed E-state index contributed by atoms with van der Waals surface area (Å²) in [7, 11) is 1.63. The van der Waals surface area contributed by atoms with E-state index in [2.05, 4.69) is 13.8 Å². The van der Waals surface area contributed by atoms with Crippen molar-refractivity contribution in [3.63, 3.8) is 0 Å². The molecule has 5 heteroatoms. The Morgan fingerprint density at radius 3 is 2.40 bits per heavy atom. The third-order valence-corrected chi connectivity index (χ3v) is 6.62. The van der Waals surface area contributed by atoms with Gasteiger partial charge in [0, 0.05) is 29.3 Å². The quantitative estimate of drug-likeness (QED) is 0.657. The fourth-order valence-corrected chi connectivity index (χ4v) is 5.17. The average molecular weight is 410 g/mol. The fourth-order valence-electron chi connectivity index (χ4n) is 5.17. The molecule has 160 valence electrons. The van der Waals surface area contributed by atoms with Crippen LogP contribution in [0.5, 0.6) is 5.75 Å². The standard InChI is InChI=1S/C25H31NO4/c1-15-21(24(28)30-18-7-5-6-8-18)22(16-9-11-17(29-4)12-10-16)23-19(26-15)13-25(2,3)14-20(23)27/h9-12,18,21-22H,5-8,13-14H2,1-4H3/t21?,22-/m0/s1. The summed E-state index contributed by atoms with van der Waals surface area (Å²) in [6.07, 6.45) is 5.23. The van der Waals surface area contributed by atoms with Crippen LogP contribution in [0.3, 0.4) is 0 Å². The van der Waals surface area contributed by atoms with Gasteiger partial charge < -0.3 is 9.47 Å². The van der Waals surface area contributed by atoms with Crippen LogP contribution in [0.1, 0.15) is 70.8 Å². The Hall–Kier alpha value is -2.43. The normalized spacial score (nSPS) is 26.3. The van der Waals surface area contributed by atoms with E-state index in [1.807, 2.05) is 31.2 Å². The van der Waals surface area contributed by atoms with Gasteiger partial charge in [-0.1, -0.05) is 26.0 Å². The number of carbonyl (C=O) groups is 2. The number of aliphatic imine (C=N–C) groups is 1. The number of esters is 1. The maximum Gasteiger partial charge on any atom is 0.315 e. The van der Waals surface area contributed by atoms with Gasteiger partial charge in [0.15, 0.2) is 5.78 Å². The van der Waals surface area contributed by atoms with E-state index in [0.717, 1.165) is 54.8 Å². The molecule has 2 aliphatic carbocycles. The zero-order chi connectivity index (χ0) is 21.5. The molecule has 0 spiro atoms. The van der Waals surface area contributed by atoms with Crippen LogP contribution < -0.4 is 4.74 Å². The van der Waals surface area contributed by atoms with E-state index >= 15 is 0 Å². The molecule has 4 rings (SSSR count). The predicted octanol–water partition coefficient (Wildman–Crippen LogP) is 5.00. The van der Waals surface area contributed by atoms with Crippen LogP contribution in [0.2, 0.25) is 0 Å². The molecule has 0 aromatic heterocycles. The Kier molecular flexibility index (Phi) is 5.56. The van der Waals surface area contributed by atoms with E-state index in [1.165, 1.54) is 0 Å². The van der Waals surface area contributed by atoms with Crippen molar-refractivity contribution in [2.75, 3.05) is 7.11 Å². The molecule has 0 N–H and O–H groups in total. The molecule has 5 nitrogen and oxygen atoms in total. The zero-order valence-electron chi connectivity index (χ0n) is 18.4. The minimum absolute atomic E-state index is 0.0156. The van der Waals surface area contributed by atoms with Gasteiger partial charge in [-0.2, -0.15) is 0 Å². The van der Waals surface area contributed by atoms with Gasteiger partial charge in [-0.25, -0.2) is 0 Å². The van der Waals surface area contributed by atoms with Crippen molar-refractivity contribution < 1.29 is 19.1 Å². The highest BCUT2D eigenvalue weighted by molar-refractivity contribution is 6.09. The molecule has 0 amide bonds. The second kappa shape index (κ2) is 8.01. The molecule has 2 atom stereocenters. The van der Waals surface area contributed by atoms with Gasteiger partial charge in [-0.05, 0) is 62.1 Å². The van der Waals surface area contributed by atoms with Crippen molar-refractivity contribution in [3.05, 3.63) is 41.1 Å². The van der Waals surface area contributed by atoms with Crippen molar-refractivity contribution >= 4 is 17.5 Å². The third-order valence-electron chi connectivity index (χ3n) is 6.62. The van der Waals surface area contributed by atoms with Crippen molar-refractivity contribution in [1.29, 1.82) is 0 Å². The van der Waals surface area contributed by atoms with Crippen LogP contribution in [0.25, 0.3) is 0 Å². The Morgan fingerprint density at radius 1 is 1.10 bits per heavy atom. The zero-order valence-corrected chi connectivity index (χ0v) is 18.4. The van der Waals surface area contributed by atoms with Gasteiger partial charge in [0.1, 0.15) is 17.8 Å². The van der Waals surface area contributed by atoms with Crippen LogP contribution in [0.4, 0.5) is 0 Å². The molecule has 1 aliphatic heterocycles. The molecule has 0 saturated heterocycles. The van der Waals surface area contributed by atoms with Gasteiger partial charge in [0.05, 0.1) is 7.11 Å². The van der Waals surface area contributed by atoms with Crippen LogP contribution in [-0.4, -0.2) is 30.7 Å². The number of rotatable bonds is 4. The highest BCUT2D eigenvalue weighted by Crippen LogP contribution is 2.48. The largest absolute Gasteiger partial charge is 0.497 e. The number of carbonyl (C=O) groups excluding carboxylic acids is 2. The Balaban J connectivity index is 1.76. The topological polar surface area (TPSA) is 65.0 Å². The molecule has 0 radical (unpaired) electrons. The molecular formula is C25H31NO4. The van der Waals surface area contributed by atoms with Crippen molar-refractivity contribution in [1.82, 2.24) is 0 Å². The lowest BCUT2D eigenvalue weighted by atomic mass is 9.67. The highest BCUT2D eigenvalue weighted by Gasteiger charge is 2.46. The van der Waals surface area contributed by atoms with E-state index in [0.29, 0.717) is 12.0 Å². The van der Waals surface area contributed by atoms with Gasteiger partial charge in [-0.15, -0.1) is 0 Å². The SMILES string of the molecule is COc1ccc([C@@H]2C3=C(CC(C)(C)CC3=O)N=C(C)C2C(=O)OC2CCCC2)cc1. The predicted molar refractivity (Wildman–Crippen MR) is 116 cm³/mol.